The van der Waals surface area contributed by atoms with E-state index in [2.05, 4.69) is 9.72 Å². The number of fused-ring (bicyclic) bond motifs is 3. The number of alkyl halides is 2. The minimum Gasteiger partial charge on any atom is -0.751 e. The maximum absolute atomic E-state index is 12.8. The highest BCUT2D eigenvalue weighted by molar-refractivity contribution is 6.21. The molecule has 27 heavy (non-hydrogen) atoms. The number of nitrogens with zero attached hydrogens (tertiary/aromatic N) is 2. The molecule has 6 nitrogen and oxygen atoms in total. The van der Waals surface area contributed by atoms with Crippen LogP contribution in [0.25, 0.3) is 21.9 Å². The van der Waals surface area contributed by atoms with E-state index < -0.39 is 12.5 Å². The number of pyridine rings is 1. The lowest BCUT2D eigenvalue weighted by atomic mass is 10.0. The van der Waals surface area contributed by atoms with Crippen LogP contribution in [0.1, 0.15) is 10.4 Å². The lowest BCUT2D eigenvalue weighted by Gasteiger charge is -2.28. The van der Waals surface area contributed by atoms with Crippen LogP contribution < -0.4 is 9.80 Å². The van der Waals surface area contributed by atoms with E-state index in [-0.39, 0.29) is 33.0 Å². The van der Waals surface area contributed by atoms with E-state index in [0.717, 1.165) is 0 Å². The fourth-order valence-corrected chi connectivity index (χ4v) is 2.87. The number of carbonyl (C=O) groups is 1. The number of rotatable bonds is 4. The lowest BCUT2D eigenvalue weighted by molar-refractivity contribution is -0.0493. The number of hydroxylamine groups is 1. The fraction of sp³-hybridized carbons (Fsp3) is 0.0526. The third-order valence-electron chi connectivity index (χ3n) is 4.00. The Morgan fingerprint density at radius 2 is 1.96 bits per heavy atom. The summed E-state index contributed by atoms with van der Waals surface area (Å²) in [5.41, 5.74) is 0.416. The molecule has 8 heteroatoms. The Morgan fingerprint density at radius 1 is 1.15 bits per heavy atom. The summed E-state index contributed by atoms with van der Waals surface area (Å²) < 4.78 is 35.5. The van der Waals surface area contributed by atoms with Crippen molar-refractivity contribution in [2.24, 2.45) is 0 Å². The monoisotopic (exact) mass is 369 g/mol. The highest BCUT2D eigenvalue weighted by Gasteiger charge is 2.22. The van der Waals surface area contributed by atoms with Crippen LogP contribution in [-0.2, 0) is 0 Å². The van der Waals surface area contributed by atoms with Crippen molar-refractivity contribution in [2.45, 2.75) is 6.61 Å². The van der Waals surface area contributed by atoms with E-state index >= 15 is 0 Å². The Labute approximate surface area is 151 Å². The molecule has 0 N–H and O–H groups in total. The molecule has 1 amide bonds. The largest absolute Gasteiger partial charge is 0.751 e. The zero-order valence-electron chi connectivity index (χ0n) is 13.6. The molecule has 0 fully saturated rings. The maximum atomic E-state index is 12.8. The molecule has 0 unspecified atom stereocenters. The molecule has 0 aliphatic carbocycles. The summed E-state index contributed by atoms with van der Waals surface area (Å²) in [5, 5.41) is 13.4. The molecule has 0 spiro atoms. The number of carbonyl (C=O) groups excluding carboxylic acids is 1. The van der Waals surface area contributed by atoms with Crippen LogP contribution in [0, 0.1) is 5.21 Å². The molecule has 0 aliphatic rings. The number of hydrogen-bond donors (Lipinski definition) is 0. The fourth-order valence-electron chi connectivity index (χ4n) is 2.87. The van der Waals surface area contributed by atoms with Crippen molar-refractivity contribution < 1.29 is 22.7 Å². The van der Waals surface area contributed by atoms with Gasteiger partial charge in [0.1, 0.15) is 5.58 Å². The van der Waals surface area contributed by atoms with Gasteiger partial charge in [-0.05, 0) is 30.3 Å². The van der Waals surface area contributed by atoms with E-state index in [4.69, 9.17) is 4.42 Å². The quantitative estimate of drug-likeness (QED) is 0.486. The van der Waals surface area contributed by atoms with Gasteiger partial charge in [-0.2, -0.15) is 8.78 Å². The van der Waals surface area contributed by atoms with E-state index in [1.54, 1.807) is 24.3 Å². The van der Waals surface area contributed by atoms with Gasteiger partial charge < -0.3 is 19.4 Å². The topological polar surface area (TPSA) is 78.6 Å². The number of para-hydroxylation sites is 1. The average molecular weight is 369 g/mol. The first-order chi connectivity index (χ1) is 13.1. The van der Waals surface area contributed by atoms with Crippen LogP contribution >= 0.6 is 0 Å². The number of furan rings is 1. The van der Waals surface area contributed by atoms with Crippen LogP contribution in [-0.4, -0.2) is 17.5 Å². The predicted molar refractivity (Wildman–Crippen MR) is 94.8 cm³/mol. The number of amides is 1. The smallest absolute Gasteiger partial charge is 0.387 e. The lowest BCUT2D eigenvalue weighted by Crippen LogP contribution is -2.24. The third kappa shape index (κ3) is 2.96. The van der Waals surface area contributed by atoms with Crippen LogP contribution in [0.2, 0.25) is 0 Å². The minimum atomic E-state index is -3.06. The third-order valence-corrected chi connectivity index (χ3v) is 4.00. The molecule has 136 valence electrons. The number of aromatic nitrogens is 1. The first-order valence-corrected chi connectivity index (χ1v) is 7.87. The molecule has 0 atom stereocenters. The molecule has 0 aliphatic heterocycles. The summed E-state index contributed by atoms with van der Waals surface area (Å²) in [4.78, 5) is 16.6. The second kappa shape index (κ2) is 6.65. The van der Waals surface area contributed by atoms with Crippen LogP contribution in [0.3, 0.4) is 0 Å². The number of anilines is 1. The minimum absolute atomic E-state index is 0.00965. The van der Waals surface area contributed by atoms with Gasteiger partial charge >= 0.3 is 6.61 Å². The Morgan fingerprint density at radius 3 is 2.70 bits per heavy atom. The van der Waals surface area contributed by atoms with Crippen LogP contribution in [0.4, 0.5) is 14.5 Å². The van der Waals surface area contributed by atoms with Gasteiger partial charge in [-0.15, -0.1) is 0 Å². The summed E-state index contributed by atoms with van der Waals surface area (Å²) in [6.45, 7) is -3.06. The maximum Gasteiger partial charge on any atom is 0.387 e. The van der Waals surface area contributed by atoms with Gasteiger partial charge in [-0.1, -0.05) is 18.2 Å². The van der Waals surface area contributed by atoms with E-state index in [0.29, 0.717) is 11.0 Å². The van der Waals surface area contributed by atoms with E-state index in [1.165, 1.54) is 36.7 Å². The Kier molecular flexibility index (Phi) is 4.17. The molecule has 2 aromatic heterocycles. The van der Waals surface area contributed by atoms with Gasteiger partial charge in [0.25, 0.3) is 0 Å². The highest BCUT2D eigenvalue weighted by Crippen LogP contribution is 2.38. The molecule has 2 heterocycles. The van der Waals surface area contributed by atoms with E-state index in [1.807, 2.05) is 0 Å². The first-order valence-electron chi connectivity index (χ1n) is 7.87. The molecule has 0 radical (unpaired) electrons. The molecule has 0 saturated heterocycles. The van der Waals surface area contributed by atoms with Crippen molar-refractivity contribution in [3.05, 3.63) is 71.7 Å². The number of hydrogen-bond acceptors (Lipinski definition) is 5. The van der Waals surface area contributed by atoms with Gasteiger partial charge in [-0.25, -0.2) is 0 Å². The van der Waals surface area contributed by atoms with Gasteiger partial charge in [0.15, 0.2) is 11.3 Å². The zero-order valence-corrected chi connectivity index (χ0v) is 13.6. The summed E-state index contributed by atoms with van der Waals surface area (Å²) in [7, 11) is 0. The van der Waals surface area contributed by atoms with Gasteiger partial charge in [-0.3, -0.25) is 9.78 Å². The Balaban J connectivity index is 1.92. The number of halogens is 2. The second-order valence-corrected chi connectivity index (χ2v) is 5.60. The van der Waals surface area contributed by atoms with Crippen molar-refractivity contribution in [3.63, 3.8) is 0 Å². The number of benzene rings is 2. The number of ether oxygens (including phenoxy) is 1. The standard InChI is InChI=1S/C19H11F2N2O4/c20-19(21)27-15-8-7-13(18(24)23(25)11-4-3-9-22-10-11)16-12-5-1-2-6-14(12)26-17(15)16/h1-10,19H/q-1. The van der Waals surface area contributed by atoms with Crippen molar-refractivity contribution in [1.29, 1.82) is 0 Å². The Hall–Kier alpha value is -3.52. The predicted octanol–water partition coefficient (Wildman–Crippen LogP) is 4.73. The average Bonchev–Trinajstić information content (AvgIpc) is 3.08. The molecular formula is C19H11F2N2O4-. The SMILES string of the molecule is O=C(c1ccc(OC(F)F)c2oc3ccccc3c12)N([O-])c1cccnc1. The van der Waals surface area contributed by atoms with Gasteiger partial charge in [0.05, 0.1) is 11.3 Å². The Bertz CT molecular complexity index is 1130. The van der Waals surface area contributed by atoms with E-state index in [9.17, 15) is 18.8 Å². The zero-order chi connectivity index (χ0) is 19.0. The first kappa shape index (κ1) is 16.9. The molecule has 2 aromatic carbocycles. The summed E-state index contributed by atoms with van der Waals surface area (Å²) in [6.07, 6.45) is 2.73. The van der Waals surface area contributed by atoms with Gasteiger partial charge in [0.2, 0.25) is 5.91 Å². The van der Waals surface area contributed by atoms with Crippen molar-refractivity contribution in [3.8, 4) is 5.75 Å². The van der Waals surface area contributed by atoms with Crippen molar-refractivity contribution in [1.82, 2.24) is 4.98 Å². The molecule has 0 bridgehead atoms. The summed E-state index contributed by atoms with van der Waals surface area (Å²) >= 11 is 0. The second-order valence-electron chi connectivity index (χ2n) is 5.60. The molecule has 0 saturated carbocycles. The van der Waals surface area contributed by atoms with Crippen molar-refractivity contribution >= 4 is 33.5 Å². The van der Waals surface area contributed by atoms with Crippen LogP contribution in [0.15, 0.2) is 65.3 Å². The molecule has 4 rings (SSSR count). The molecule has 4 aromatic rings. The summed E-state index contributed by atoms with van der Waals surface area (Å²) in [5.74, 6) is -1.09. The van der Waals surface area contributed by atoms with Crippen LogP contribution in [0.5, 0.6) is 5.75 Å². The molecular weight excluding hydrogens is 358 g/mol. The highest BCUT2D eigenvalue weighted by atomic mass is 19.3. The van der Waals surface area contributed by atoms with Gasteiger partial charge in [0, 0.05) is 23.2 Å². The van der Waals surface area contributed by atoms with Crippen molar-refractivity contribution in [2.75, 3.05) is 5.06 Å². The normalized spacial score (nSPS) is 11.3. The summed E-state index contributed by atoms with van der Waals surface area (Å²) in [6, 6.07) is 12.1.